The van der Waals surface area contributed by atoms with Gasteiger partial charge in [0, 0.05) is 6.42 Å². The summed E-state index contributed by atoms with van der Waals surface area (Å²) in [5.74, 6) is 0.142. The normalized spacial score (nSPS) is 17.9. The van der Waals surface area contributed by atoms with Crippen LogP contribution in [-0.2, 0) is 16.0 Å². The smallest absolute Gasteiger partial charge is 0.237 e. The van der Waals surface area contributed by atoms with Gasteiger partial charge in [-0.25, -0.2) is 0 Å². The molecule has 3 rings (SSSR count). The highest BCUT2D eigenvalue weighted by molar-refractivity contribution is 6.20. The summed E-state index contributed by atoms with van der Waals surface area (Å²) in [5, 5.41) is 0. The van der Waals surface area contributed by atoms with Crippen LogP contribution in [0.3, 0.4) is 0 Å². The number of amides is 2. The van der Waals surface area contributed by atoms with E-state index in [1.54, 1.807) is 19.2 Å². The fraction of sp³-hybridized carbons (Fsp3) is 0.222. The van der Waals surface area contributed by atoms with E-state index in [1.165, 1.54) is 4.90 Å². The van der Waals surface area contributed by atoms with Crippen molar-refractivity contribution in [3.8, 4) is 5.75 Å². The molecule has 2 aromatic rings. The van der Waals surface area contributed by atoms with Crippen LogP contribution in [-0.4, -0.2) is 18.9 Å². The van der Waals surface area contributed by atoms with Gasteiger partial charge in [0.15, 0.2) is 0 Å². The zero-order chi connectivity index (χ0) is 15.5. The Balaban J connectivity index is 1.83. The largest absolute Gasteiger partial charge is 0.496 e. The van der Waals surface area contributed by atoms with Crippen molar-refractivity contribution >= 4 is 17.5 Å². The molecule has 1 heterocycles. The first-order valence-electron chi connectivity index (χ1n) is 7.24. The number of nitrogens with zero attached hydrogens (tertiary/aromatic N) is 1. The second-order valence-electron chi connectivity index (χ2n) is 5.32. The summed E-state index contributed by atoms with van der Waals surface area (Å²) in [7, 11) is 1.61. The molecule has 4 nitrogen and oxygen atoms in total. The molecule has 22 heavy (non-hydrogen) atoms. The molecule has 1 aliphatic rings. The second kappa shape index (κ2) is 6.02. The van der Waals surface area contributed by atoms with Crippen molar-refractivity contribution < 1.29 is 14.3 Å². The van der Waals surface area contributed by atoms with E-state index in [0.717, 1.165) is 11.3 Å². The van der Waals surface area contributed by atoms with E-state index in [2.05, 4.69) is 0 Å². The van der Waals surface area contributed by atoms with Gasteiger partial charge in [0.05, 0.1) is 18.7 Å². The molecule has 1 atom stereocenters. The number of ether oxygens (including phenoxy) is 1. The summed E-state index contributed by atoms with van der Waals surface area (Å²) < 4.78 is 5.32. The molecule has 1 fully saturated rings. The van der Waals surface area contributed by atoms with Crippen LogP contribution in [0.15, 0.2) is 54.6 Å². The molecule has 2 amide bonds. The summed E-state index contributed by atoms with van der Waals surface area (Å²) in [4.78, 5) is 26.1. The SMILES string of the molecule is COc1ccccc1C[C@@H]1CC(=O)N(c2ccccc2)C1=O. The van der Waals surface area contributed by atoms with Gasteiger partial charge in [-0.3, -0.25) is 14.5 Å². The Morgan fingerprint density at radius 2 is 1.73 bits per heavy atom. The van der Waals surface area contributed by atoms with Gasteiger partial charge in [-0.05, 0) is 30.2 Å². The highest BCUT2D eigenvalue weighted by Gasteiger charge is 2.39. The predicted octanol–water partition coefficient (Wildman–Crippen LogP) is 2.82. The number of methoxy groups -OCH3 is 1. The van der Waals surface area contributed by atoms with Crippen molar-refractivity contribution in [1.82, 2.24) is 0 Å². The molecule has 1 aliphatic heterocycles. The van der Waals surface area contributed by atoms with Crippen molar-refractivity contribution in [2.75, 3.05) is 12.0 Å². The summed E-state index contributed by atoms with van der Waals surface area (Å²) in [6, 6.07) is 16.7. The number of hydrogen-bond donors (Lipinski definition) is 0. The third-order valence-electron chi connectivity index (χ3n) is 3.91. The van der Waals surface area contributed by atoms with Gasteiger partial charge >= 0.3 is 0 Å². The number of hydrogen-bond acceptors (Lipinski definition) is 3. The lowest BCUT2D eigenvalue weighted by Gasteiger charge is -2.15. The third kappa shape index (κ3) is 2.60. The van der Waals surface area contributed by atoms with E-state index in [9.17, 15) is 9.59 Å². The minimum absolute atomic E-state index is 0.137. The summed E-state index contributed by atoms with van der Waals surface area (Å²) in [6.45, 7) is 0. The lowest BCUT2D eigenvalue weighted by molar-refractivity contribution is -0.122. The lowest BCUT2D eigenvalue weighted by Crippen LogP contribution is -2.30. The third-order valence-corrected chi connectivity index (χ3v) is 3.91. The fourth-order valence-corrected chi connectivity index (χ4v) is 2.84. The van der Waals surface area contributed by atoms with Crippen LogP contribution < -0.4 is 9.64 Å². The Kier molecular flexibility index (Phi) is 3.92. The Morgan fingerprint density at radius 1 is 1.05 bits per heavy atom. The number of carbonyl (C=O) groups is 2. The molecule has 2 aromatic carbocycles. The van der Waals surface area contributed by atoms with Crippen LogP contribution in [0.5, 0.6) is 5.75 Å². The highest BCUT2D eigenvalue weighted by atomic mass is 16.5. The zero-order valence-electron chi connectivity index (χ0n) is 12.4. The number of carbonyl (C=O) groups excluding carboxylic acids is 2. The Hall–Kier alpha value is -2.62. The quantitative estimate of drug-likeness (QED) is 0.815. The van der Waals surface area contributed by atoms with E-state index in [-0.39, 0.29) is 24.2 Å². The van der Waals surface area contributed by atoms with E-state index in [4.69, 9.17) is 4.74 Å². The van der Waals surface area contributed by atoms with Gasteiger partial charge in [-0.2, -0.15) is 0 Å². The van der Waals surface area contributed by atoms with Gasteiger partial charge in [0.2, 0.25) is 11.8 Å². The zero-order valence-corrected chi connectivity index (χ0v) is 12.4. The average Bonchev–Trinajstić information content (AvgIpc) is 2.83. The molecule has 0 aliphatic carbocycles. The van der Waals surface area contributed by atoms with E-state index in [0.29, 0.717) is 12.1 Å². The van der Waals surface area contributed by atoms with Crippen LogP contribution in [0.2, 0.25) is 0 Å². The van der Waals surface area contributed by atoms with E-state index in [1.807, 2.05) is 42.5 Å². The molecule has 0 unspecified atom stereocenters. The van der Waals surface area contributed by atoms with E-state index >= 15 is 0 Å². The van der Waals surface area contributed by atoms with Crippen LogP contribution in [0, 0.1) is 5.92 Å². The number of benzene rings is 2. The first kappa shape index (κ1) is 14.3. The number of rotatable bonds is 4. The molecule has 0 spiro atoms. The van der Waals surface area contributed by atoms with E-state index < -0.39 is 0 Å². The molecular formula is C18H17NO3. The molecular weight excluding hydrogens is 278 g/mol. The maximum absolute atomic E-state index is 12.6. The molecule has 0 radical (unpaired) electrons. The molecule has 0 saturated carbocycles. The van der Waals surface area contributed by atoms with Gasteiger partial charge in [-0.1, -0.05) is 36.4 Å². The first-order chi connectivity index (χ1) is 10.7. The highest BCUT2D eigenvalue weighted by Crippen LogP contribution is 2.30. The summed E-state index contributed by atoms with van der Waals surface area (Å²) >= 11 is 0. The Morgan fingerprint density at radius 3 is 2.45 bits per heavy atom. The van der Waals surface area contributed by atoms with Crippen LogP contribution >= 0.6 is 0 Å². The lowest BCUT2D eigenvalue weighted by atomic mass is 9.97. The molecule has 0 N–H and O–H groups in total. The first-order valence-corrected chi connectivity index (χ1v) is 7.24. The number of para-hydroxylation sites is 2. The predicted molar refractivity (Wildman–Crippen MR) is 83.7 cm³/mol. The number of imide groups is 1. The van der Waals surface area contributed by atoms with Gasteiger partial charge < -0.3 is 4.74 Å². The molecule has 1 saturated heterocycles. The van der Waals surface area contributed by atoms with Crippen LogP contribution in [0.25, 0.3) is 0 Å². The Labute approximate surface area is 129 Å². The van der Waals surface area contributed by atoms with Gasteiger partial charge in [0.1, 0.15) is 5.75 Å². The van der Waals surface area contributed by atoms with Crippen molar-refractivity contribution in [2.24, 2.45) is 5.92 Å². The molecule has 4 heteroatoms. The maximum Gasteiger partial charge on any atom is 0.237 e. The molecule has 112 valence electrons. The van der Waals surface area contributed by atoms with Gasteiger partial charge in [-0.15, -0.1) is 0 Å². The Bertz CT molecular complexity index is 696. The minimum atomic E-state index is -0.330. The average molecular weight is 295 g/mol. The fourth-order valence-electron chi connectivity index (χ4n) is 2.84. The monoisotopic (exact) mass is 295 g/mol. The summed E-state index contributed by atoms with van der Waals surface area (Å²) in [6.07, 6.45) is 0.754. The van der Waals surface area contributed by atoms with Crippen molar-refractivity contribution in [3.05, 3.63) is 60.2 Å². The molecule has 0 aromatic heterocycles. The van der Waals surface area contributed by atoms with Crippen LogP contribution in [0.4, 0.5) is 5.69 Å². The minimum Gasteiger partial charge on any atom is -0.496 e. The number of anilines is 1. The van der Waals surface area contributed by atoms with Gasteiger partial charge in [0.25, 0.3) is 0 Å². The van der Waals surface area contributed by atoms with Crippen molar-refractivity contribution in [2.45, 2.75) is 12.8 Å². The maximum atomic E-state index is 12.6. The van der Waals surface area contributed by atoms with Crippen LogP contribution in [0.1, 0.15) is 12.0 Å². The standard InChI is InChI=1S/C18H17NO3/c1-22-16-10-6-5-7-13(16)11-14-12-17(20)19(18(14)21)15-8-3-2-4-9-15/h2-10,14H,11-12H2,1H3/t14-/m1/s1. The topological polar surface area (TPSA) is 46.6 Å². The molecule has 0 bridgehead atoms. The van der Waals surface area contributed by atoms with Crippen molar-refractivity contribution in [3.63, 3.8) is 0 Å². The summed E-state index contributed by atoms with van der Waals surface area (Å²) in [5.41, 5.74) is 1.59. The van der Waals surface area contributed by atoms with Crippen molar-refractivity contribution in [1.29, 1.82) is 0 Å². The second-order valence-corrected chi connectivity index (χ2v) is 5.32.